The number of hydrogen-bond acceptors (Lipinski definition) is 3. The van der Waals surface area contributed by atoms with Crippen molar-refractivity contribution in [1.29, 1.82) is 0 Å². The Balaban J connectivity index is 2.06. The zero-order chi connectivity index (χ0) is 15.2. The van der Waals surface area contributed by atoms with Crippen molar-refractivity contribution in [3.8, 4) is 5.75 Å². The first-order valence-electron chi connectivity index (χ1n) is 6.82. The van der Waals surface area contributed by atoms with Crippen LogP contribution in [-0.4, -0.2) is 18.1 Å². The lowest BCUT2D eigenvalue weighted by Crippen LogP contribution is -2.17. The predicted octanol–water partition coefficient (Wildman–Crippen LogP) is 2.68. The topological polar surface area (TPSA) is 58.6 Å². The monoisotopic (exact) mass is 285 g/mol. The molecule has 2 rings (SSSR count). The van der Waals surface area contributed by atoms with Crippen molar-refractivity contribution in [1.82, 2.24) is 5.32 Å². The summed E-state index contributed by atoms with van der Waals surface area (Å²) < 4.78 is 5.71. The van der Waals surface area contributed by atoms with Gasteiger partial charge in [0.2, 0.25) is 0 Å². The van der Waals surface area contributed by atoms with E-state index in [-0.39, 0.29) is 5.91 Å². The largest absolute Gasteiger partial charge is 0.489 e. The third kappa shape index (κ3) is 4.07. The number of carbonyl (C=O) groups is 1. The Hall–Kier alpha value is -2.33. The number of amides is 1. The molecule has 1 atom stereocenters. The smallest absolute Gasteiger partial charge is 0.251 e. The van der Waals surface area contributed by atoms with Crippen molar-refractivity contribution in [2.24, 2.45) is 0 Å². The molecular formula is C17H19NO3. The number of aliphatic hydroxyl groups excluding tert-OH is 1. The van der Waals surface area contributed by atoms with Gasteiger partial charge >= 0.3 is 0 Å². The quantitative estimate of drug-likeness (QED) is 0.888. The minimum Gasteiger partial charge on any atom is -0.489 e. The number of nitrogens with one attached hydrogen (secondary N) is 1. The summed E-state index contributed by atoms with van der Waals surface area (Å²) in [4.78, 5) is 11.6. The molecule has 0 heterocycles. The Morgan fingerprint density at radius 1 is 1.24 bits per heavy atom. The van der Waals surface area contributed by atoms with Crippen LogP contribution in [0.5, 0.6) is 5.75 Å². The van der Waals surface area contributed by atoms with Crippen LogP contribution in [-0.2, 0) is 6.61 Å². The average molecular weight is 285 g/mol. The van der Waals surface area contributed by atoms with E-state index in [1.165, 1.54) is 0 Å². The summed E-state index contributed by atoms with van der Waals surface area (Å²) in [6.07, 6.45) is -0.523. The fourth-order valence-electron chi connectivity index (χ4n) is 1.98. The van der Waals surface area contributed by atoms with E-state index in [4.69, 9.17) is 4.74 Å². The van der Waals surface area contributed by atoms with Crippen molar-refractivity contribution in [3.05, 3.63) is 65.2 Å². The van der Waals surface area contributed by atoms with Crippen LogP contribution >= 0.6 is 0 Å². The molecule has 0 aromatic heterocycles. The van der Waals surface area contributed by atoms with E-state index >= 15 is 0 Å². The van der Waals surface area contributed by atoms with Gasteiger partial charge in [0.15, 0.2) is 0 Å². The van der Waals surface area contributed by atoms with Gasteiger partial charge in [0.1, 0.15) is 12.4 Å². The summed E-state index contributed by atoms with van der Waals surface area (Å²) >= 11 is 0. The van der Waals surface area contributed by atoms with E-state index in [0.29, 0.717) is 17.9 Å². The van der Waals surface area contributed by atoms with Crippen LogP contribution in [0.4, 0.5) is 0 Å². The van der Waals surface area contributed by atoms with Crippen LogP contribution in [0.15, 0.2) is 48.5 Å². The lowest BCUT2D eigenvalue weighted by Gasteiger charge is -2.10. The van der Waals surface area contributed by atoms with Crippen LogP contribution in [0, 0.1) is 0 Å². The number of carbonyl (C=O) groups excluding carboxylic acids is 1. The van der Waals surface area contributed by atoms with Crippen LogP contribution in [0.25, 0.3) is 0 Å². The van der Waals surface area contributed by atoms with Gasteiger partial charge in [0.25, 0.3) is 5.91 Å². The van der Waals surface area contributed by atoms with Gasteiger partial charge in [0.05, 0.1) is 6.10 Å². The fraction of sp³-hybridized carbons (Fsp3) is 0.235. The van der Waals surface area contributed by atoms with E-state index in [1.54, 1.807) is 26.1 Å². The summed E-state index contributed by atoms with van der Waals surface area (Å²) in [5.41, 5.74) is 2.33. The first-order chi connectivity index (χ1) is 10.1. The molecule has 2 aromatic rings. The van der Waals surface area contributed by atoms with Crippen molar-refractivity contribution in [3.63, 3.8) is 0 Å². The molecule has 0 unspecified atom stereocenters. The number of benzene rings is 2. The molecule has 1 amide bonds. The Kier molecular flexibility index (Phi) is 4.95. The summed E-state index contributed by atoms with van der Waals surface area (Å²) in [5, 5.41) is 12.2. The summed E-state index contributed by atoms with van der Waals surface area (Å²) in [6.45, 7) is 2.08. The van der Waals surface area contributed by atoms with Crippen LogP contribution in [0.3, 0.4) is 0 Å². The van der Waals surface area contributed by atoms with Crippen molar-refractivity contribution < 1.29 is 14.6 Å². The van der Waals surface area contributed by atoms with E-state index < -0.39 is 6.10 Å². The number of aliphatic hydroxyl groups is 1. The maximum atomic E-state index is 11.6. The second kappa shape index (κ2) is 6.90. The fourth-order valence-corrected chi connectivity index (χ4v) is 1.98. The first kappa shape index (κ1) is 15.1. The highest BCUT2D eigenvalue weighted by Crippen LogP contribution is 2.20. The minimum atomic E-state index is -0.523. The van der Waals surface area contributed by atoms with Crippen molar-refractivity contribution in [2.75, 3.05) is 7.05 Å². The molecule has 2 aromatic carbocycles. The van der Waals surface area contributed by atoms with E-state index in [0.717, 1.165) is 11.1 Å². The predicted molar refractivity (Wildman–Crippen MR) is 81.2 cm³/mol. The molecule has 0 saturated heterocycles. The van der Waals surface area contributed by atoms with E-state index in [9.17, 15) is 9.90 Å². The molecule has 0 aliphatic rings. The highest BCUT2D eigenvalue weighted by atomic mass is 16.5. The zero-order valence-electron chi connectivity index (χ0n) is 12.2. The molecule has 0 spiro atoms. The van der Waals surface area contributed by atoms with Crippen LogP contribution in [0.1, 0.15) is 34.5 Å². The Morgan fingerprint density at radius 3 is 2.71 bits per heavy atom. The molecular weight excluding hydrogens is 266 g/mol. The molecule has 2 N–H and O–H groups in total. The Labute approximate surface area is 124 Å². The molecule has 0 bridgehead atoms. The van der Waals surface area contributed by atoms with Gasteiger partial charge in [-0.15, -0.1) is 0 Å². The van der Waals surface area contributed by atoms with E-state index in [1.807, 2.05) is 36.4 Å². The molecule has 110 valence electrons. The van der Waals surface area contributed by atoms with Gasteiger partial charge in [0, 0.05) is 12.6 Å². The maximum absolute atomic E-state index is 11.6. The summed E-state index contributed by atoms with van der Waals surface area (Å²) in [5.74, 6) is 0.576. The molecule has 21 heavy (non-hydrogen) atoms. The van der Waals surface area contributed by atoms with Gasteiger partial charge in [-0.1, -0.05) is 24.3 Å². The highest BCUT2D eigenvalue weighted by molar-refractivity contribution is 5.94. The second-order valence-corrected chi connectivity index (χ2v) is 4.82. The van der Waals surface area contributed by atoms with Crippen molar-refractivity contribution >= 4 is 5.91 Å². The maximum Gasteiger partial charge on any atom is 0.251 e. The van der Waals surface area contributed by atoms with Crippen molar-refractivity contribution in [2.45, 2.75) is 19.6 Å². The molecule has 0 radical (unpaired) electrons. The lowest BCUT2D eigenvalue weighted by atomic mass is 10.1. The first-order valence-corrected chi connectivity index (χ1v) is 6.82. The molecule has 4 nitrogen and oxygen atoms in total. The molecule has 0 aliphatic carbocycles. The van der Waals surface area contributed by atoms with Crippen LogP contribution < -0.4 is 10.1 Å². The zero-order valence-corrected chi connectivity index (χ0v) is 12.2. The number of ether oxygens (including phenoxy) is 1. The highest BCUT2D eigenvalue weighted by Gasteiger charge is 2.05. The summed E-state index contributed by atoms with van der Waals surface area (Å²) in [6, 6.07) is 14.7. The molecule has 0 saturated carbocycles. The normalized spacial score (nSPS) is 11.8. The average Bonchev–Trinajstić information content (AvgIpc) is 2.52. The third-order valence-electron chi connectivity index (χ3n) is 3.16. The minimum absolute atomic E-state index is 0.118. The van der Waals surface area contributed by atoms with Gasteiger partial charge in [-0.2, -0.15) is 0 Å². The van der Waals surface area contributed by atoms with Gasteiger partial charge in [-0.05, 0) is 42.3 Å². The third-order valence-corrected chi connectivity index (χ3v) is 3.16. The van der Waals surface area contributed by atoms with Gasteiger partial charge < -0.3 is 15.2 Å². The lowest BCUT2D eigenvalue weighted by molar-refractivity contribution is 0.0963. The van der Waals surface area contributed by atoms with Gasteiger partial charge in [-0.3, -0.25) is 4.79 Å². The molecule has 0 aliphatic heterocycles. The number of hydrogen-bond donors (Lipinski definition) is 2. The Bertz CT molecular complexity index is 623. The standard InChI is InChI=1S/C17H19NO3/c1-12(19)14-6-4-8-16(10-14)21-11-13-5-3-7-15(9-13)17(20)18-2/h3-10,12,19H,11H2,1-2H3,(H,18,20)/t12-/m1/s1. The molecule has 4 heteroatoms. The number of rotatable bonds is 5. The van der Waals surface area contributed by atoms with Gasteiger partial charge in [-0.25, -0.2) is 0 Å². The Morgan fingerprint density at radius 2 is 2.00 bits per heavy atom. The van der Waals surface area contributed by atoms with Crippen LogP contribution in [0.2, 0.25) is 0 Å². The second-order valence-electron chi connectivity index (χ2n) is 4.82. The van der Waals surface area contributed by atoms with E-state index in [2.05, 4.69) is 5.32 Å². The SMILES string of the molecule is CNC(=O)c1cccc(COc2cccc([C@@H](C)O)c2)c1. The molecule has 0 fully saturated rings. The summed E-state index contributed by atoms with van der Waals surface area (Å²) in [7, 11) is 1.60.